The van der Waals surface area contributed by atoms with Gasteiger partial charge >= 0.3 is 0 Å². The predicted octanol–water partition coefficient (Wildman–Crippen LogP) is 1.42. The molecule has 1 amide bonds. The van der Waals surface area contributed by atoms with Crippen LogP contribution in [0.15, 0.2) is 18.2 Å². The van der Waals surface area contributed by atoms with Gasteiger partial charge in [0.15, 0.2) is 0 Å². The molecule has 0 aromatic heterocycles. The maximum absolute atomic E-state index is 13.1. The third kappa shape index (κ3) is 2.53. The Balaban J connectivity index is 2.86. The first-order valence-electron chi connectivity index (χ1n) is 4.33. The van der Waals surface area contributed by atoms with Gasteiger partial charge in [-0.15, -0.1) is 0 Å². The van der Waals surface area contributed by atoms with Crippen molar-refractivity contribution in [2.45, 2.75) is 19.9 Å². The molecule has 14 heavy (non-hydrogen) atoms. The molecule has 0 radical (unpaired) electrons. The summed E-state index contributed by atoms with van der Waals surface area (Å²) in [5.74, 6) is -0.848. The molecule has 0 aliphatic carbocycles. The van der Waals surface area contributed by atoms with E-state index in [0.29, 0.717) is 0 Å². The van der Waals surface area contributed by atoms with Crippen LogP contribution in [0.1, 0.15) is 12.5 Å². The lowest BCUT2D eigenvalue weighted by Gasteiger charge is -2.09. The SMILES string of the molecule is Cc1ccc(F)c(NC(=O)C(C)N)c1. The minimum atomic E-state index is -0.644. The van der Waals surface area contributed by atoms with Gasteiger partial charge in [0, 0.05) is 0 Å². The minimum Gasteiger partial charge on any atom is -0.322 e. The second-order valence-electron chi connectivity index (χ2n) is 3.26. The van der Waals surface area contributed by atoms with E-state index in [1.807, 2.05) is 6.92 Å². The smallest absolute Gasteiger partial charge is 0.241 e. The third-order valence-corrected chi connectivity index (χ3v) is 1.79. The van der Waals surface area contributed by atoms with Gasteiger partial charge in [0.1, 0.15) is 5.82 Å². The summed E-state index contributed by atoms with van der Waals surface area (Å²) < 4.78 is 13.1. The standard InChI is InChI=1S/C10H13FN2O/c1-6-3-4-8(11)9(5-6)13-10(14)7(2)12/h3-5,7H,12H2,1-2H3,(H,13,14). The minimum absolute atomic E-state index is 0.173. The molecule has 1 aromatic rings. The average molecular weight is 196 g/mol. The number of carbonyl (C=O) groups is 1. The number of rotatable bonds is 2. The molecule has 1 aromatic carbocycles. The first kappa shape index (κ1) is 10.7. The number of nitrogens with two attached hydrogens (primary N) is 1. The van der Waals surface area contributed by atoms with E-state index in [9.17, 15) is 9.18 Å². The molecule has 1 atom stereocenters. The van der Waals surface area contributed by atoms with E-state index >= 15 is 0 Å². The third-order valence-electron chi connectivity index (χ3n) is 1.79. The van der Waals surface area contributed by atoms with Gasteiger partial charge < -0.3 is 11.1 Å². The van der Waals surface area contributed by atoms with Gasteiger partial charge in [0.25, 0.3) is 0 Å². The summed E-state index contributed by atoms with van der Waals surface area (Å²) in [7, 11) is 0. The number of carbonyl (C=O) groups excluding carboxylic acids is 1. The number of hydrogen-bond donors (Lipinski definition) is 2. The van der Waals surface area contributed by atoms with Crippen molar-refractivity contribution in [2.24, 2.45) is 5.73 Å². The molecule has 1 rings (SSSR count). The normalized spacial score (nSPS) is 12.3. The molecule has 3 N–H and O–H groups in total. The Kier molecular flexibility index (Phi) is 3.19. The zero-order valence-corrected chi connectivity index (χ0v) is 8.17. The highest BCUT2D eigenvalue weighted by Crippen LogP contribution is 2.15. The summed E-state index contributed by atoms with van der Waals surface area (Å²) in [5, 5.41) is 2.41. The zero-order chi connectivity index (χ0) is 10.7. The summed E-state index contributed by atoms with van der Waals surface area (Å²) in [6.45, 7) is 3.37. The van der Waals surface area contributed by atoms with Crippen molar-refractivity contribution in [3.63, 3.8) is 0 Å². The van der Waals surface area contributed by atoms with E-state index < -0.39 is 17.8 Å². The fraction of sp³-hybridized carbons (Fsp3) is 0.300. The van der Waals surface area contributed by atoms with Gasteiger partial charge in [-0.3, -0.25) is 4.79 Å². The molecular formula is C10H13FN2O. The number of nitrogens with one attached hydrogen (secondary N) is 1. The van der Waals surface area contributed by atoms with Gasteiger partial charge in [0.2, 0.25) is 5.91 Å². The van der Waals surface area contributed by atoms with E-state index in [-0.39, 0.29) is 5.69 Å². The number of aryl methyl sites for hydroxylation is 1. The van der Waals surface area contributed by atoms with Crippen LogP contribution < -0.4 is 11.1 Å². The van der Waals surface area contributed by atoms with Crippen LogP contribution in [-0.4, -0.2) is 11.9 Å². The Morgan fingerprint density at radius 3 is 2.79 bits per heavy atom. The number of hydrogen-bond acceptors (Lipinski definition) is 2. The van der Waals surface area contributed by atoms with Crippen LogP contribution in [0.3, 0.4) is 0 Å². The van der Waals surface area contributed by atoms with E-state index in [1.54, 1.807) is 19.1 Å². The summed E-state index contributed by atoms with van der Waals surface area (Å²) in [4.78, 5) is 11.2. The van der Waals surface area contributed by atoms with Crippen molar-refractivity contribution in [1.29, 1.82) is 0 Å². The number of anilines is 1. The Morgan fingerprint density at radius 2 is 2.21 bits per heavy atom. The lowest BCUT2D eigenvalue weighted by Crippen LogP contribution is -2.32. The quantitative estimate of drug-likeness (QED) is 0.751. The van der Waals surface area contributed by atoms with Crippen LogP contribution in [0.5, 0.6) is 0 Å². The Morgan fingerprint density at radius 1 is 1.57 bits per heavy atom. The number of halogens is 1. The largest absolute Gasteiger partial charge is 0.322 e. The van der Waals surface area contributed by atoms with Crippen LogP contribution in [0.4, 0.5) is 10.1 Å². The van der Waals surface area contributed by atoms with Crippen molar-refractivity contribution in [3.8, 4) is 0 Å². The molecule has 1 unspecified atom stereocenters. The van der Waals surface area contributed by atoms with Crippen LogP contribution in [0.2, 0.25) is 0 Å². The average Bonchev–Trinajstić information content (AvgIpc) is 2.11. The van der Waals surface area contributed by atoms with E-state index in [1.165, 1.54) is 6.07 Å². The van der Waals surface area contributed by atoms with Crippen LogP contribution >= 0.6 is 0 Å². The molecule has 0 saturated carbocycles. The lowest BCUT2D eigenvalue weighted by atomic mass is 10.2. The topological polar surface area (TPSA) is 55.1 Å². The molecule has 0 fully saturated rings. The maximum atomic E-state index is 13.1. The fourth-order valence-corrected chi connectivity index (χ4v) is 0.981. The molecule has 0 saturated heterocycles. The molecule has 3 nitrogen and oxygen atoms in total. The van der Waals surface area contributed by atoms with Gasteiger partial charge in [-0.2, -0.15) is 0 Å². The second kappa shape index (κ2) is 4.19. The predicted molar refractivity (Wildman–Crippen MR) is 53.4 cm³/mol. The molecule has 4 heteroatoms. The molecular weight excluding hydrogens is 183 g/mol. The Hall–Kier alpha value is -1.42. The summed E-state index contributed by atoms with van der Waals surface area (Å²) >= 11 is 0. The molecule has 0 spiro atoms. The molecule has 0 aliphatic rings. The van der Waals surface area contributed by atoms with Crippen molar-refractivity contribution in [1.82, 2.24) is 0 Å². The monoisotopic (exact) mass is 196 g/mol. The highest BCUT2D eigenvalue weighted by molar-refractivity contribution is 5.94. The van der Waals surface area contributed by atoms with E-state index in [2.05, 4.69) is 5.32 Å². The lowest BCUT2D eigenvalue weighted by molar-refractivity contribution is -0.117. The van der Waals surface area contributed by atoms with Crippen molar-refractivity contribution >= 4 is 11.6 Å². The van der Waals surface area contributed by atoms with E-state index in [0.717, 1.165) is 5.56 Å². The van der Waals surface area contributed by atoms with Crippen molar-refractivity contribution < 1.29 is 9.18 Å². The number of amides is 1. The summed E-state index contributed by atoms with van der Waals surface area (Å²) in [6, 6.07) is 3.87. The van der Waals surface area contributed by atoms with Crippen LogP contribution in [-0.2, 0) is 4.79 Å². The van der Waals surface area contributed by atoms with Crippen LogP contribution in [0, 0.1) is 12.7 Å². The fourth-order valence-electron chi connectivity index (χ4n) is 0.981. The van der Waals surface area contributed by atoms with E-state index in [4.69, 9.17) is 5.73 Å². The van der Waals surface area contributed by atoms with Crippen LogP contribution in [0.25, 0.3) is 0 Å². The van der Waals surface area contributed by atoms with Crippen molar-refractivity contribution in [2.75, 3.05) is 5.32 Å². The highest BCUT2D eigenvalue weighted by atomic mass is 19.1. The molecule has 0 heterocycles. The summed E-state index contributed by atoms with van der Waals surface area (Å²) in [5.41, 5.74) is 6.39. The Bertz CT molecular complexity index is 350. The molecule has 0 aliphatic heterocycles. The summed E-state index contributed by atoms with van der Waals surface area (Å²) in [6.07, 6.45) is 0. The zero-order valence-electron chi connectivity index (χ0n) is 8.17. The van der Waals surface area contributed by atoms with Gasteiger partial charge in [-0.1, -0.05) is 6.07 Å². The van der Waals surface area contributed by atoms with Gasteiger partial charge in [-0.05, 0) is 31.5 Å². The molecule has 76 valence electrons. The number of benzene rings is 1. The molecule has 0 bridgehead atoms. The highest BCUT2D eigenvalue weighted by Gasteiger charge is 2.10. The second-order valence-corrected chi connectivity index (χ2v) is 3.26. The van der Waals surface area contributed by atoms with Gasteiger partial charge in [0.05, 0.1) is 11.7 Å². The Labute approximate surface area is 82.1 Å². The van der Waals surface area contributed by atoms with Gasteiger partial charge in [-0.25, -0.2) is 4.39 Å². The first-order valence-corrected chi connectivity index (χ1v) is 4.33. The first-order chi connectivity index (χ1) is 6.50. The maximum Gasteiger partial charge on any atom is 0.241 e. The van der Waals surface area contributed by atoms with Crippen molar-refractivity contribution in [3.05, 3.63) is 29.6 Å².